The lowest BCUT2D eigenvalue weighted by atomic mass is 10.0. The zero-order valence-electron chi connectivity index (χ0n) is 20.0. The van der Waals surface area contributed by atoms with Crippen molar-refractivity contribution in [2.45, 2.75) is 25.8 Å². The Balaban J connectivity index is 1.30. The summed E-state index contributed by atoms with van der Waals surface area (Å²) in [5.74, 6) is 0.110. The van der Waals surface area contributed by atoms with Crippen molar-refractivity contribution >= 4 is 21.9 Å². The van der Waals surface area contributed by atoms with Crippen LogP contribution in [-0.4, -0.2) is 48.1 Å². The summed E-state index contributed by atoms with van der Waals surface area (Å²) in [6.45, 7) is 3.02. The number of halogens is 1. The number of H-pyrrole nitrogens is 2. The van der Waals surface area contributed by atoms with E-state index in [-0.39, 0.29) is 5.82 Å². The van der Waals surface area contributed by atoms with Crippen LogP contribution >= 0.6 is 0 Å². The highest BCUT2D eigenvalue weighted by Crippen LogP contribution is 2.35. The van der Waals surface area contributed by atoms with Gasteiger partial charge in [0.15, 0.2) is 5.82 Å². The first-order chi connectivity index (χ1) is 18.2. The number of fused-ring (bicyclic) bond motifs is 2. The molecule has 0 radical (unpaired) electrons. The molecule has 6 heterocycles. The van der Waals surface area contributed by atoms with Crippen LogP contribution in [0.25, 0.3) is 55.8 Å². The fourth-order valence-corrected chi connectivity index (χ4v) is 5.22. The minimum atomic E-state index is -0.355. The number of nitrogens with zero attached hydrogens (tertiary/aromatic N) is 5. The van der Waals surface area contributed by atoms with E-state index in [1.807, 2.05) is 30.5 Å². The number of furan rings is 1. The van der Waals surface area contributed by atoms with Crippen molar-refractivity contribution in [3.8, 4) is 33.9 Å². The molecule has 1 fully saturated rings. The van der Waals surface area contributed by atoms with Crippen molar-refractivity contribution in [1.82, 2.24) is 35.0 Å². The van der Waals surface area contributed by atoms with E-state index in [1.165, 1.54) is 19.3 Å². The third-order valence-corrected chi connectivity index (χ3v) is 7.05. The molecule has 2 N–H and O–H groups in total. The Hall–Kier alpha value is -4.37. The second kappa shape index (κ2) is 8.94. The van der Waals surface area contributed by atoms with Crippen LogP contribution in [0, 0.1) is 5.82 Å². The summed E-state index contributed by atoms with van der Waals surface area (Å²) in [4.78, 5) is 19.4. The predicted octanol–water partition coefficient (Wildman–Crippen LogP) is 5.95. The van der Waals surface area contributed by atoms with E-state index in [2.05, 4.69) is 30.0 Å². The largest absolute Gasteiger partial charge is 0.472 e. The average Bonchev–Trinajstić information content (AvgIpc) is 3.69. The first-order valence-electron chi connectivity index (χ1n) is 12.5. The lowest BCUT2D eigenvalue weighted by molar-refractivity contribution is 0.220. The third kappa shape index (κ3) is 3.88. The number of benzene rings is 1. The molecule has 7 rings (SSSR count). The van der Waals surface area contributed by atoms with Crippen molar-refractivity contribution in [3.05, 3.63) is 72.8 Å². The molecule has 0 bridgehead atoms. The van der Waals surface area contributed by atoms with E-state index in [0.29, 0.717) is 39.2 Å². The lowest BCUT2D eigenvalue weighted by Crippen LogP contribution is -2.29. The van der Waals surface area contributed by atoms with E-state index >= 15 is 4.39 Å². The maximum absolute atomic E-state index is 16.1. The summed E-state index contributed by atoms with van der Waals surface area (Å²) >= 11 is 0. The smallest absolute Gasteiger partial charge is 0.159 e. The number of hydrogen-bond acceptors (Lipinski definition) is 6. The Labute approximate surface area is 211 Å². The van der Waals surface area contributed by atoms with Crippen molar-refractivity contribution in [2.24, 2.45) is 0 Å². The van der Waals surface area contributed by atoms with Crippen LogP contribution in [0.1, 0.15) is 24.8 Å². The number of pyridine rings is 2. The zero-order chi connectivity index (χ0) is 24.8. The molecule has 1 aliphatic rings. The average molecular weight is 494 g/mol. The minimum absolute atomic E-state index is 0.355. The van der Waals surface area contributed by atoms with Gasteiger partial charge in [-0.3, -0.25) is 20.0 Å². The molecule has 0 amide bonds. The van der Waals surface area contributed by atoms with Gasteiger partial charge in [-0.2, -0.15) is 5.10 Å². The van der Waals surface area contributed by atoms with E-state index in [0.717, 1.165) is 41.8 Å². The van der Waals surface area contributed by atoms with Gasteiger partial charge in [0.05, 0.1) is 28.9 Å². The summed E-state index contributed by atoms with van der Waals surface area (Å²) in [6.07, 6.45) is 12.3. The van der Waals surface area contributed by atoms with Crippen LogP contribution in [0.5, 0.6) is 0 Å². The molecule has 1 saturated heterocycles. The highest BCUT2D eigenvalue weighted by molar-refractivity contribution is 5.98. The van der Waals surface area contributed by atoms with Crippen LogP contribution in [-0.2, 0) is 6.54 Å². The second-order valence-corrected chi connectivity index (χ2v) is 9.49. The first kappa shape index (κ1) is 21.9. The lowest BCUT2D eigenvalue weighted by Gasteiger charge is -2.26. The highest BCUT2D eigenvalue weighted by atomic mass is 19.1. The molecular formula is C28H24FN7O. The molecule has 5 aromatic heterocycles. The Bertz CT molecular complexity index is 1710. The van der Waals surface area contributed by atoms with Crippen molar-refractivity contribution in [1.29, 1.82) is 0 Å². The van der Waals surface area contributed by atoms with Gasteiger partial charge in [-0.25, -0.2) is 9.37 Å². The second-order valence-electron chi connectivity index (χ2n) is 9.49. The Morgan fingerprint density at radius 3 is 2.76 bits per heavy atom. The van der Waals surface area contributed by atoms with Gasteiger partial charge in [-0.05, 0) is 61.8 Å². The van der Waals surface area contributed by atoms with E-state index in [9.17, 15) is 0 Å². The number of rotatable bonds is 5. The van der Waals surface area contributed by atoms with Crippen LogP contribution in [0.3, 0.4) is 0 Å². The molecule has 1 aliphatic heterocycles. The van der Waals surface area contributed by atoms with E-state index in [4.69, 9.17) is 9.40 Å². The molecule has 184 valence electrons. The van der Waals surface area contributed by atoms with Crippen LogP contribution < -0.4 is 0 Å². The summed E-state index contributed by atoms with van der Waals surface area (Å²) in [7, 11) is 0. The topological polar surface area (TPSA) is 99.5 Å². The summed E-state index contributed by atoms with van der Waals surface area (Å²) in [5.41, 5.74) is 6.29. The molecule has 0 spiro atoms. The predicted molar refractivity (Wildman–Crippen MR) is 139 cm³/mol. The molecular weight excluding hydrogens is 469 g/mol. The van der Waals surface area contributed by atoms with Gasteiger partial charge in [-0.1, -0.05) is 6.42 Å². The Morgan fingerprint density at radius 2 is 1.89 bits per heavy atom. The minimum Gasteiger partial charge on any atom is -0.472 e. The van der Waals surface area contributed by atoms with Crippen LogP contribution in [0.15, 0.2) is 65.9 Å². The Morgan fingerprint density at radius 1 is 0.973 bits per heavy atom. The number of likely N-dealkylation sites (tertiary alicyclic amines) is 1. The van der Waals surface area contributed by atoms with Gasteiger partial charge in [0.2, 0.25) is 0 Å². The number of aromatic nitrogens is 6. The monoisotopic (exact) mass is 493 g/mol. The third-order valence-electron chi connectivity index (χ3n) is 7.05. The van der Waals surface area contributed by atoms with Gasteiger partial charge in [-0.15, -0.1) is 0 Å². The zero-order valence-corrected chi connectivity index (χ0v) is 20.0. The van der Waals surface area contributed by atoms with Crippen LogP contribution in [0.4, 0.5) is 4.39 Å². The van der Waals surface area contributed by atoms with Gasteiger partial charge in [0.1, 0.15) is 22.7 Å². The molecule has 37 heavy (non-hydrogen) atoms. The Kier molecular flexibility index (Phi) is 5.28. The molecule has 0 aliphatic carbocycles. The van der Waals surface area contributed by atoms with Gasteiger partial charge >= 0.3 is 0 Å². The number of imidazole rings is 1. The molecule has 9 heteroatoms. The molecule has 0 saturated carbocycles. The first-order valence-corrected chi connectivity index (χ1v) is 12.5. The maximum atomic E-state index is 16.1. The molecule has 6 aromatic rings. The van der Waals surface area contributed by atoms with Gasteiger partial charge in [0.25, 0.3) is 0 Å². The molecule has 1 aromatic carbocycles. The van der Waals surface area contributed by atoms with Crippen molar-refractivity contribution in [3.63, 3.8) is 0 Å². The number of piperidine rings is 1. The van der Waals surface area contributed by atoms with Crippen LogP contribution in [0.2, 0.25) is 0 Å². The molecule has 8 nitrogen and oxygen atoms in total. The fraction of sp³-hybridized carbons (Fsp3) is 0.214. The van der Waals surface area contributed by atoms with Gasteiger partial charge in [0, 0.05) is 41.8 Å². The normalized spacial score (nSPS) is 14.6. The number of nitrogens with one attached hydrogen (secondary N) is 2. The SMILES string of the molecule is Fc1c(-c2cncc(CN3CCCCC3)c2)ccc2[nH]nc(-c3nc4c(-c5ccoc5)nccc4[nH]3)c12. The van der Waals surface area contributed by atoms with E-state index < -0.39 is 0 Å². The van der Waals surface area contributed by atoms with E-state index in [1.54, 1.807) is 31.0 Å². The fourth-order valence-electron chi connectivity index (χ4n) is 5.22. The standard InChI is InChI=1S/C28H24FN7O/c29-24-20(19-12-17(13-30-14-19)15-36-9-2-1-3-10-36)4-5-21-23(24)27(35-34-21)28-32-22-6-8-31-25(26(22)33-28)18-7-11-37-16-18/h4-8,11-14,16H,1-3,9-10,15H2,(H,32,33)(H,34,35). The molecule has 0 unspecified atom stereocenters. The molecule has 0 atom stereocenters. The van der Waals surface area contributed by atoms with Crippen molar-refractivity contribution in [2.75, 3.05) is 13.1 Å². The summed E-state index contributed by atoms with van der Waals surface area (Å²) in [6, 6.07) is 9.34. The number of hydrogen-bond donors (Lipinski definition) is 2. The summed E-state index contributed by atoms with van der Waals surface area (Å²) in [5, 5.41) is 7.76. The maximum Gasteiger partial charge on any atom is 0.159 e. The van der Waals surface area contributed by atoms with Crippen molar-refractivity contribution < 1.29 is 8.81 Å². The highest BCUT2D eigenvalue weighted by Gasteiger charge is 2.21. The quantitative estimate of drug-likeness (QED) is 0.308. The summed E-state index contributed by atoms with van der Waals surface area (Å²) < 4.78 is 21.3. The number of aromatic amines is 2. The van der Waals surface area contributed by atoms with Gasteiger partial charge < -0.3 is 9.40 Å².